The Bertz CT molecular complexity index is 387. The molecular formula is C13H20Cl2N2S. The molecule has 2 nitrogen and oxygen atoms in total. The highest BCUT2D eigenvalue weighted by atomic mass is 35.5. The third kappa shape index (κ3) is 3.78. The van der Waals surface area contributed by atoms with E-state index in [9.17, 15) is 0 Å². The van der Waals surface area contributed by atoms with E-state index in [4.69, 9.17) is 28.9 Å². The van der Waals surface area contributed by atoms with Crippen molar-refractivity contribution < 1.29 is 0 Å². The van der Waals surface area contributed by atoms with Crippen LogP contribution in [0.1, 0.15) is 18.5 Å². The van der Waals surface area contributed by atoms with Crippen molar-refractivity contribution >= 4 is 35.0 Å². The molecule has 1 rings (SSSR count). The molecule has 0 aromatic heterocycles. The smallest absolute Gasteiger partial charge is 0.0640 e. The second-order valence-electron chi connectivity index (χ2n) is 4.36. The van der Waals surface area contributed by atoms with Crippen LogP contribution < -0.4 is 5.73 Å². The lowest BCUT2D eigenvalue weighted by molar-refractivity contribution is 0.204. The fourth-order valence-corrected chi connectivity index (χ4v) is 3.11. The van der Waals surface area contributed by atoms with Crippen LogP contribution in [0.3, 0.4) is 0 Å². The molecule has 0 saturated heterocycles. The summed E-state index contributed by atoms with van der Waals surface area (Å²) < 4.78 is 0. The van der Waals surface area contributed by atoms with Gasteiger partial charge in [-0.2, -0.15) is 11.8 Å². The zero-order chi connectivity index (χ0) is 13.7. The number of thioether (sulfide) groups is 1. The zero-order valence-corrected chi connectivity index (χ0v) is 13.3. The predicted octanol–water partition coefficient (Wildman–Crippen LogP) is 3.68. The summed E-state index contributed by atoms with van der Waals surface area (Å²) in [7, 11) is 2.08. The van der Waals surface area contributed by atoms with Crippen LogP contribution in [0, 0.1) is 0 Å². The van der Waals surface area contributed by atoms with Crippen LogP contribution in [0.4, 0.5) is 0 Å². The molecule has 1 aromatic rings. The van der Waals surface area contributed by atoms with E-state index in [1.54, 1.807) is 6.07 Å². The van der Waals surface area contributed by atoms with Crippen LogP contribution in [-0.2, 0) is 0 Å². The third-order valence-electron chi connectivity index (χ3n) is 3.16. The number of halogens is 2. The van der Waals surface area contributed by atoms with Gasteiger partial charge in [-0.05, 0) is 31.9 Å². The molecule has 0 heterocycles. The molecule has 2 N–H and O–H groups in total. The highest BCUT2D eigenvalue weighted by molar-refractivity contribution is 7.98. The normalized spacial score (nSPS) is 14.8. The lowest BCUT2D eigenvalue weighted by Gasteiger charge is -2.33. The van der Waals surface area contributed by atoms with Gasteiger partial charge < -0.3 is 5.73 Å². The first-order valence-electron chi connectivity index (χ1n) is 5.87. The van der Waals surface area contributed by atoms with E-state index in [0.717, 1.165) is 11.3 Å². The Balaban J connectivity index is 2.98. The van der Waals surface area contributed by atoms with Crippen molar-refractivity contribution in [2.24, 2.45) is 5.73 Å². The van der Waals surface area contributed by atoms with Crippen molar-refractivity contribution in [3.8, 4) is 0 Å². The topological polar surface area (TPSA) is 29.3 Å². The Hall–Kier alpha value is 0.0700. The maximum Gasteiger partial charge on any atom is 0.0640 e. The summed E-state index contributed by atoms with van der Waals surface area (Å²) in [6.45, 7) is 2.72. The minimum atomic E-state index is 0.0957. The molecule has 0 bridgehead atoms. The summed E-state index contributed by atoms with van der Waals surface area (Å²) in [5, 5.41) is 1.19. The van der Waals surface area contributed by atoms with Gasteiger partial charge >= 0.3 is 0 Å². The van der Waals surface area contributed by atoms with Crippen molar-refractivity contribution in [3.05, 3.63) is 33.8 Å². The van der Waals surface area contributed by atoms with E-state index < -0.39 is 0 Å². The number of benzene rings is 1. The number of nitrogens with two attached hydrogens (primary N) is 1. The highest BCUT2D eigenvalue weighted by Gasteiger charge is 2.22. The van der Waals surface area contributed by atoms with E-state index in [2.05, 4.69) is 25.1 Å². The Morgan fingerprint density at radius 1 is 1.39 bits per heavy atom. The van der Waals surface area contributed by atoms with Crippen LogP contribution in [0.15, 0.2) is 18.2 Å². The van der Waals surface area contributed by atoms with Gasteiger partial charge in [0.25, 0.3) is 0 Å². The molecule has 102 valence electrons. The largest absolute Gasteiger partial charge is 0.329 e. The van der Waals surface area contributed by atoms with Crippen molar-refractivity contribution in [1.29, 1.82) is 0 Å². The molecular weight excluding hydrogens is 287 g/mol. The number of hydrogen-bond acceptors (Lipinski definition) is 3. The van der Waals surface area contributed by atoms with E-state index in [1.165, 1.54) is 0 Å². The minimum Gasteiger partial charge on any atom is -0.329 e. The molecule has 0 amide bonds. The van der Waals surface area contributed by atoms with E-state index >= 15 is 0 Å². The van der Waals surface area contributed by atoms with E-state index in [1.807, 2.05) is 23.9 Å². The van der Waals surface area contributed by atoms with Gasteiger partial charge in [0.15, 0.2) is 0 Å². The SMILES string of the molecule is CSCC(C)N(C)C(CN)c1cccc(Cl)c1Cl. The molecule has 0 spiro atoms. The lowest BCUT2D eigenvalue weighted by Crippen LogP contribution is -2.38. The molecule has 0 aliphatic carbocycles. The Kier molecular flexibility index (Phi) is 6.82. The highest BCUT2D eigenvalue weighted by Crippen LogP contribution is 2.32. The van der Waals surface area contributed by atoms with Crippen molar-refractivity contribution in [1.82, 2.24) is 4.90 Å². The van der Waals surface area contributed by atoms with Crippen LogP contribution in [-0.4, -0.2) is 36.5 Å². The molecule has 0 aliphatic rings. The van der Waals surface area contributed by atoms with Crippen LogP contribution in [0.5, 0.6) is 0 Å². The Labute approximate surface area is 124 Å². The molecule has 18 heavy (non-hydrogen) atoms. The van der Waals surface area contributed by atoms with Gasteiger partial charge in [-0.25, -0.2) is 0 Å². The van der Waals surface area contributed by atoms with Gasteiger partial charge in [0.1, 0.15) is 0 Å². The molecule has 2 atom stereocenters. The molecule has 1 aromatic carbocycles. The zero-order valence-electron chi connectivity index (χ0n) is 11.0. The van der Waals surface area contributed by atoms with Gasteiger partial charge in [0, 0.05) is 24.4 Å². The van der Waals surface area contributed by atoms with Gasteiger partial charge in [-0.3, -0.25) is 4.90 Å². The first kappa shape index (κ1) is 16.1. The van der Waals surface area contributed by atoms with Crippen molar-refractivity contribution in [2.45, 2.75) is 19.0 Å². The maximum atomic E-state index is 6.27. The number of likely N-dealkylation sites (N-methyl/N-ethyl adjacent to an activating group) is 1. The minimum absolute atomic E-state index is 0.0957. The quantitative estimate of drug-likeness (QED) is 0.869. The molecule has 5 heteroatoms. The van der Waals surface area contributed by atoms with Gasteiger partial charge in [0.05, 0.1) is 10.0 Å². The van der Waals surface area contributed by atoms with Crippen molar-refractivity contribution in [2.75, 3.05) is 25.6 Å². The van der Waals surface area contributed by atoms with Crippen LogP contribution in [0.25, 0.3) is 0 Å². The summed E-state index contributed by atoms with van der Waals surface area (Å²) in [4.78, 5) is 2.26. The first-order chi connectivity index (χ1) is 8.52. The average Bonchev–Trinajstić information content (AvgIpc) is 2.35. The Morgan fingerprint density at radius 2 is 2.06 bits per heavy atom. The summed E-state index contributed by atoms with van der Waals surface area (Å²) in [5.74, 6) is 1.06. The second kappa shape index (κ2) is 7.61. The molecule has 0 saturated carbocycles. The van der Waals surface area contributed by atoms with Gasteiger partial charge in [-0.1, -0.05) is 35.3 Å². The molecule has 0 radical (unpaired) electrons. The summed E-state index contributed by atoms with van der Waals surface area (Å²) in [6, 6.07) is 6.24. The predicted molar refractivity (Wildman–Crippen MR) is 83.9 cm³/mol. The van der Waals surface area contributed by atoms with Crippen LogP contribution in [0.2, 0.25) is 10.0 Å². The Morgan fingerprint density at radius 3 is 2.61 bits per heavy atom. The van der Waals surface area contributed by atoms with Crippen molar-refractivity contribution in [3.63, 3.8) is 0 Å². The third-order valence-corrected chi connectivity index (χ3v) is 4.81. The van der Waals surface area contributed by atoms with Crippen LogP contribution >= 0.6 is 35.0 Å². The van der Waals surface area contributed by atoms with E-state index in [-0.39, 0.29) is 6.04 Å². The maximum absolute atomic E-state index is 6.27. The second-order valence-corrected chi connectivity index (χ2v) is 6.06. The van der Waals surface area contributed by atoms with Gasteiger partial charge in [-0.15, -0.1) is 0 Å². The summed E-state index contributed by atoms with van der Waals surface area (Å²) in [5.41, 5.74) is 6.91. The lowest BCUT2D eigenvalue weighted by atomic mass is 10.0. The monoisotopic (exact) mass is 306 g/mol. The number of nitrogens with zero attached hydrogens (tertiary/aromatic N) is 1. The number of hydrogen-bond donors (Lipinski definition) is 1. The molecule has 0 aliphatic heterocycles. The molecule has 2 unspecified atom stereocenters. The number of rotatable bonds is 6. The van der Waals surface area contributed by atoms with Gasteiger partial charge in [0.2, 0.25) is 0 Å². The first-order valence-corrected chi connectivity index (χ1v) is 8.02. The summed E-state index contributed by atoms with van der Waals surface area (Å²) >= 11 is 14.2. The molecule has 0 fully saturated rings. The fraction of sp³-hybridized carbons (Fsp3) is 0.538. The average molecular weight is 307 g/mol. The standard InChI is InChI=1S/C13H20Cl2N2S/c1-9(8-18-3)17(2)12(7-16)10-5-4-6-11(14)13(10)15/h4-6,9,12H,7-8,16H2,1-3H3. The van der Waals surface area contributed by atoms with E-state index in [0.29, 0.717) is 22.6 Å². The fourth-order valence-electron chi connectivity index (χ4n) is 1.96. The summed E-state index contributed by atoms with van der Waals surface area (Å²) in [6.07, 6.45) is 2.11.